The lowest BCUT2D eigenvalue weighted by atomic mass is 9.86. The Morgan fingerprint density at radius 3 is 1.98 bits per heavy atom. The molecule has 0 radical (unpaired) electrons. The van der Waals surface area contributed by atoms with Gasteiger partial charge in [0.05, 0.1) is 6.54 Å². The van der Waals surface area contributed by atoms with Gasteiger partial charge in [0.15, 0.2) is 11.6 Å². The van der Waals surface area contributed by atoms with Gasteiger partial charge in [-0.2, -0.15) is 13.2 Å². The van der Waals surface area contributed by atoms with Crippen molar-refractivity contribution in [3.8, 4) is 0 Å². The fourth-order valence-electron chi connectivity index (χ4n) is 8.13. The molecular formula is C40H52F6N6O5. The molecule has 4 heterocycles. The Labute approximate surface area is 328 Å². The van der Waals surface area contributed by atoms with E-state index in [2.05, 4.69) is 15.6 Å². The van der Waals surface area contributed by atoms with Crippen molar-refractivity contribution in [2.24, 2.45) is 28.7 Å². The number of carbonyl (C=O) groups is 5. The number of rotatable bonds is 13. The molecule has 5 rings (SSSR count). The fourth-order valence-corrected chi connectivity index (χ4v) is 8.13. The van der Waals surface area contributed by atoms with Crippen molar-refractivity contribution in [1.82, 2.24) is 25.3 Å². The Morgan fingerprint density at radius 1 is 0.789 bits per heavy atom. The quantitative estimate of drug-likeness (QED) is 0.211. The van der Waals surface area contributed by atoms with Crippen molar-refractivity contribution < 1.29 is 50.3 Å². The van der Waals surface area contributed by atoms with Crippen molar-refractivity contribution in [3.63, 3.8) is 0 Å². The largest absolute Gasteiger partial charge is 0.449 e. The number of Topliss-reactive ketones (excluding diaryl/α,β-unsaturated/α-hetero) is 1. The molecule has 2 N–H and O–H groups in total. The number of amidine groups is 1. The topological polar surface area (TPSA) is 131 Å². The van der Waals surface area contributed by atoms with Gasteiger partial charge in [-0.25, -0.2) is 13.2 Å². The second kappa shape index (κ2) is 18.0. The van der Waals surface area contributed by atoms with Crippen LogP contribution in [0.1, 0.15) is 85.1 Å². The minimum atomic E-state index is -4.68. The molecule has 57 heavy (non-hydrogen) atoms. The number of carbonyl (C=O) groups excluding carboxylic acids is 5. The van der Waals surface area contributed by atoms with Crippen LogP contribution in [0, 0.1) is 41.1 Å². The number of aliphatic imine (C=N–C) groups is 1. The number of piperidine rings is 1. The molecule has 11 nitrogen and oxygen atoms in total. The van der Waals surface area contributed by atoms with E-state index in [1.807, 2.05) is 20.8 Å². The molecular weight excluding hydrogens is 758 g/mol. The van der Waals surface area contributed by atoms with E-state index in [4.69, 9.17) is 0 Å². The maximum atomic E-state index is 14.9. The second-order valence-electron chi connectivity index (χ2n) is 16.3. The van der Waals surface area contributed by atoms with Gasteiger partial charge < -0.3 is 25.3 Å². The zero-order chi connectivity index (χ0) is 41.9. The molecule has 0 bridgehead atoms. The van der Waals surface area contributed by atoms with E-state index in [9.17, 15) is 50.3 Å². The Bertz CT molecular complexity index is 1780. The molecule has 3 saturated heterocycles. The first-order chi connectivity index (χ1) is 26.8. The highest BCUT2D eigenvalue weighted by molar-refractivity contribution is 5.95. The smallest absolute Gasteiger partial charge is 0.351 e. The lowest BCUT2D eigenvalue weighted by Gasteiger charge is -2.38. The molecule has 0 aliphatic carbocycles. The number of alkyl halides is 3. The Morgan fingerprint density at radius 2 is 1.39 bits per heavy atom. The number of allylic oxidation sites excluding steroid dienone is 1. The highest BCUT2D eigenvalue weighted by Gasteiger charge is 2.45. The molecule has 1 aromatic carbocycles. The molecule has 3 fully saturated rings. The summed E-state index contributed by atoms with van der Waals surface area (Å²) < 4.78 is 83.8. The van der Waals surface area contributed by atoms with E-state index in [0.29, 0.717) is 43.6 Å². The first-order valence-electron chi connectivity index (χ1n) is 19.7. The van der Waals surface area contributed by atoms with Crippen LogP contribution in [0.25, 0.3) is 0 Å². The molecule has 6 atom stereocenters. The number of hydrogen-bond donors (Lipinski definition) is 2. The number of benzene rings is 1. The highest BCUT2D eigenvalue weighted by atomic mass is 19.4. The maximum Gasteiger partial charge on any atom is 0.449 e. The average molecular weight is 811 g/mol. The highest BCUT2D eigenvalue weighted by Crippen LogP contribution is 2.34. The standard InChI is InChI=1S/C40H52F6N6O5/c1-21(2)23(5)37(56)51-13-6-9-32(51)36(55)49-34(22(3)4)38(57)52-14-7-8-31(52)35(54)48-26(16-25-18-29(42)30(43)20-28(25)41)19-33(53)24-11-15-50-27(17-24)10-12-47-39(50)40(44,45)46/h10,18,20-24,26,31-32,34H,6-9,11-17,19H2,1-5H3,(H,48,54)(H,49,55). The number of hydrogen-bond acceptors (Lipinski definition) is 7. The fraction of sp³-hybridized carbons (Fsp3) is 0.650. The summed E-state index contributed by atoms with van der Waals surface area (Å²) in [5, 5.41) is 5.58. The van der Waals surface area contributed by atoms with Crippen LogP contribution in [0.4, 0.5) is 26.3 Å². The van der Waals surface area contributed by atoms with Gasteiger partial charge in [0.2, 0.25) is 29.5 Å². The Kier molecular flexibility index (Phi) is 13.8. The monoisotopic (exact) mass is 810 g/mol. The number of ketones is 1. The van der Waals surface area contributed by atoms with Crippen molar-refractivity contribution in [2.45, 2.75) is 116 Å². The average Bonchev–Trinajstić information content (AvgIpc) is 3.85. The van der Waals surface area contributed by atoms with Crippen molar-refractivity contribution >= 4 is 35.2 Å². The van der Waals surface area contributed by atoms with Crippen molar-refractivity contribution in [3.05, 3.63) is 46.9 Å². The molecule has 0 spiro atoms. The summed E-state index contributed by atoms with van der Waals surface area (Å²) in [6.07, 6.45) is -2.25. The third-order valence-electron chi connectivity index (χ3n) is 11.7. The zero-order valence-corrected chi connectivity index (χ0v) is 32.9. The van der Waals surface area contributed by atoms with E-state index in [1.165, 1.54) is 11.0 Å². The van der Waals surface area contributed by atoms with E-state index >= 15 is 0 Å². The number of nitrogens with zero attached hydrogens (tertiary/aromatic N) is 4. The minimum Gasteiger partial charge on any atom is -0.351 e. The van der Waals surface area contributed by atoms with Gasteiger partial charge in [0, 0.05) is 55.7 Å². The lowest BCUT2D eigenvalue weighted by molar-refractivity contribution is -0.145. The summed E-state index contributed by atoms with van der Waals surface area (Å²) in [5.41, 5.74) is -0.0228. The number of likely N-dealkylation sites (tertiary alicyclic amines) is 2. The number of halogens is 6. The molecule has 0 aromatic heterocycles. The molecule has 4 amide bonds. The Balaban J connectivity index is 1.30. The third-order valence-corrected chi connectivity index (χ3v) is 11.7. The predicted octanol–water partition coefficient (Wildman–Crippen LogP) is 5.08. The number of fused-ring (bicyclic) bond motifs is 1. The van der Waals surface area contributed by atoms with Crippen LogP contribution in [0.5, 0.6) is 0 Å². The van der Waals surface area contributed by atoms with Crippen LogP contribution in [0.15, 0.2) is 28.9 Å². The summed E-state index contributed by atoms with van der Waals surface area (Å²) in [7, 11) is 0. The second-order valence-corrected chi connectivity index (χ2v) is 16.3. The summed E-state index contributed by atoms with van der Waals surface area (Å²) >= 11 is 0. The van der Waals surface area contributed by atoms with Crippen LogP contribution in [-0.2, 0) is 30.4 Å². The van der Waals surface area contributed by atoms with Crippen LogP contribution >= 0.6 is 0 Å². The zero-order valence-electron chi connectivity index (χ0n) is 32.9. The number of nitrogens with one attached hydrogen (secondary N) is 2. The predicted molar refractivity (Wildman–Crippen MR) is 198 cm³/mol. The normalized spacial score (nSPS) is 22.8. The van der Waals surface area contributed by atoms with E-state index in [0.717, 1.165) is 4.90 Å². The van der Waals surface area contributed by atoms with Gasteiger partial charge in [0.25, 0.3) is 0 Å². The summed E-state index contributed by atoms with van der Waals surface area (Å²) in [6, 6.07) is -2.99. The molecule has 4 aliphatic rings. The molecule has 17 heteroatoms. The first kappa shape index (κ1) is 43.7. The molecule has 1 aromatic rings. The maximum absolute atomic E-state index is 14.9. The van der Waals surface area contributed by atoms with Crippen molar-refractivity contribution in [1.29, 1.82) is 0 Å². The molecule has 4 aliphatic heterocycles. The Hall–Kier alpha value is -4.44. The van der Waals surface area contributed by atoms with Gasteiger partial charge in [-0.1, -0.05) is 34.6 Å². The van der Waals surface area contributed by atoms with Crippen LogP contribution in [0.2, 0.25) is 0 Å². The van der Waals surface area contributed by atoms with E-state index in [1.54, 1.807) is 18.7 Å². The lowest BCUT2D eigenvalue weighted by Crippen LogP contribution is -2.58. The summed E-state index contributed by atoms with van der Waals surface area (Å²) in [5.74, 6) is -8.50. The van der Waals surface area contributed by atoms with Gasteiger partial charge in [0.1, 0.15) is 29.7 Å². The van der Waals surface area contributed by atoms with Crippen LogP contribution in [-0.4, -0.2) is 106 Å². The first-order valence-corrected chi connectivity index (χ1v) is 19.7. The molecule has 0 saturated carbocycles. The van der Waals surface area contributed by atoms with Gasteiger partial charge in [-0.05, 0) is 74.5 Å². The third kappa shape index (κ3) is 10.00. The number of amides is 4. The van der Waals surface area contributed by atoms with Gasteiger partial charge in [-0.15, -0.1) is 0 Å². The van der Waals surface area contributed by atoms with Crippen LogP contribution in [0.3, 0.4) is 0 Å². The van der Waals surface area contributed by atoms with Crippen molar-refractivity contribution in [2.75, 3.05) is 26.2 Å². The molecule has 6 unspecified atom stereocenters. The van der Waals surface area contributed by atoms with E-state index in [-0.39, 0.29) is 62.2 Å². The SMILES string of the molecule is CC(C)C(C)C(=O)N1CCCC1C(=O)NC(C(=O)N1CCCC1C(=O)NC(CC(=O)C1CCN2C(=CCN=C2C(F)(F)F)C1)Cc1cc(F)c(F)cc1F)C(C)C. The van der Waals surface area contributed by atoms with Gasteiger partial charge in [-0.3, -0.25) is 29.0 Å². The minimum absolute atomic E-state index is 0.0229. The van der Waals surface area contributed by atoms with Crippen LogP contribution < -0.4 is 10.6 Å². The van der Waals surface area contributed by atoms with E-state index < -0.39 is 102 Å². The molecule has 314 valence electrons. The summed E-state index contributed by atoms with van der Waals surface area (Å²) in [4.78, 5) is 76.2. The summed E-state index contributed by atoms with van der Waals surface area (Å²) in [6.45, 7) is 9.43. The van der Waals surface area contributed by atoms with Gasteiger partial charge >= 0.3 is 6.18 Å².